The number of aromatic nitrogens is 1. The van der Waals surface area contributed by atoms with Crippen molar-refractivity contribution in [2.75, 3.05) is 37.7 Å². The highest BCUT2D eigenvalue weighted by molar-refractivity contribution is 6.33. The number of aliphatic hydroxyl groups excluding tert-OH is 2. The number of rotatable bonds is 9. The average molecular weight is 546 g/mol. The molecule has 0 bridgehead atoms. The molecule has 4 rings (SSSR count). The van der Waals surface area contributed by atoms with Crippen LogP contribution in [-0.2, 0) is 12.2 Å². The minimum atomic E-state index is -1.12. The molecular weight excluding hydrogens is 513 g/mol. The highest BCUT2D eigenvalue weighted by Gasteiger charge is 2.34. The molecule has 9 heteroatoms. The molecule has 1 aliphatic heterocycles. The zero-order valence-corrected chi connectivity index (χ0v) is 22.5. The van der Waals surface area contributed by atoms with Crippen molar-refractivity contribution in [2.45, 2.75) is 38.2 Å². The molecule has 37 heavy (non-hydrogen) atoms. The highest BCUT2D eigenvalue weighted by Crippen LogP contribution is 2.38. The fourth-order valence-electron chi connectivity index (χ4n) is 4.63. The predicted molar refractivity (Wildman–Crippen MR) is 146 cm³/mol. The summed E-state index contributed by atoms with van der Waals surface area (Å²) in [5.74, 6) is 0.605. The monoisotopic (exact) mass is 545 g/mol. The van der Waals surface area contributed by atoms with Crippen LogP contribution in [-0.4, -0.2) is 64.1 Å². The number of nitrogens with zero attached hydrogens (tertiary/aromatic N) is 3. The van der Waals surface area contributed by atoms with Crippen LogP contribution in [0.3, 0.4) is 0 Å². The van der Waals surface area contributed by atoms with Gasteiger partial charge in [0.05, 0.1) is 35.2 Å². The quantitative estimate of drug-likeness (QED) is 0.367. The fraction of sp³-hybridized carbons (Fsp3) is 0.393. The molecule has 3 N–H and O–H groups in total. The maximum atomic E-state index is 11.3. The number of piperazine rings is 1. The second kappa shape index (κ2) is 12.0. The Bertz CT molecular complexity index is 1170. The van der Waals surface area contributed by atoms with Gasteiger partial charge in [-0.25, -0.2) is 0 Å². The zero-order valence-electron chi connectivity index (χ0n) is 21.0. The summed E-state index contributed by atoms with van der Waals surface area (Å²) in [7, 11) is 0. The molecule has 7 nitrogen and oxygen atoms in total. The molecule has 0 amide bonds. The highest BCUT2D eigenvalue weighted by atomic mass is 35.5. The summed E-state index contributed by atoms with van der Waals surface area (Å²) in [6, 6.07) is 16.9. The van der Waals surface area contributed by atoms with Crippen LogP contribution >= 0.6 is 23.2 Å². The van der Waals surface area contributed by atoms with Gasteiger partial charge < -0.3 is 25.0 Å². The Balaban J connectivity index is 1.57. The van der Waals surface area contributed by atoms with Gasteiger partial charge in [0.15, 0.2) is 0 Å². The lowest BCUT2D eigenvalue weighted by atomic mass is 9.95. The molecule has 0 saturated carbocycles. The van der Waals surface area contributed by atoms with Crippen molar-refractivity contribution in [2.24, 2.45) is 0 Å². The lowest BCUT2D eigenvalue weighted by Gasteiger charge is -2.45. The minimum absolute atomic E-state index is 0.0292. The summed E-state index contributed by atoms with van der Waals surface area (Å²) in [6.45, 7) is 6.02. The van der Waals surface area contributed by atoms with Crippen LogP contribution < -0.4 is 9.64 Å². The number of pyridine rings is 1. The predicted octanol–water partition coefficient (Wildman–Crippen LogP) is 4.41. The van der Waals surface area contributed by atoms with Crippen LogP contribution in [0, 0.1) is 0 Å². The van der Waals surface area contributed by atoms with Gasteiger partial charge in [0.2, 0.25) is 0 Å². The normalized spacial score (nSPS) is 18.9. The van der Waals surface area contributed by atoms with E-state index in [4.69, 9.17) is 27.9 Å². The van der Waals surface area contributed by atoms with Crippen LogP contribution in [0.2, 0.25) is 10.0 Å². The van der Waals surface area contributed by atoms with Gasteiger partial charge >= 0.3 is 0 Å². The molecule has 1 saturated heterocycles. The van der Waals surface area contributed by atoms with Gasteiger partial charge in [-0.05, 0) is 49.7 Å². The zero-order chi connectivity index (χ0) is 26.6. The topological polar surface area (TPSA) is 89.3 Å². The van der Waals surface area contributed by atoms with Crippen molar-refractivity contribution in [3.63, 3.8) is 0 Å². The van der Waals surface area contributed by atoms with Gasteiger partial charge in [-0.1, -0.05) is 41.4 Å². The summed E-state index contributed by atoms with van der Waals surface area (Å²) in [5.41, 5.74) is 2.13. The van der Waals surface area contributed by atoms with Crippen molar-refractivity contribution >= 4 is 28.9 Å². The van der Waals surface area contributed by atoms with E-state index in [-0.39, 0.29) is 19.3 Å². The molecule has 198 valence electrons. The third-order valence-corrected chi connectivity index (χ3v) is 7.13. The minimum Gasteiger partial charge on any atom is -0.491 e. The summed E-state index contributed by atoms with van der Waals surface area (Å²) in [6.07, 6.45) is 1.06. The Morgan fingerprint density at radius 2 is 1.86 bits per heavy atom. The van der Waals surface area contributed by atoms with E-state index in [0.717, 1.165) is 17.8 Å². The molecule has 0 unspecified atom stereocenters. The second-order valence-corrected chi connectivity index (χ2v) is 10.6. The Morgan fingerprint density at radius 1 is 1.11 bits per heavy atom. The van der Waals surface area contributed by atoms with Gasteiger partial charge in [-0.15, -0.1) is 0 Å². The molecule has 1 aliphatic rings. The third-order valence-electron chi connectivity index (χ3n) is 6.58. The number of ether oxygens (including phenoxy) is 1. The van der Waals surface area contributed by atoms with E-state index in [0.29, 0.717) is 46.7 Å². The van der Waals surface area contributed by atoms with Gasteiger partial charge in [-0.2, -0.15) is 0 Å². The molecule has 3 aromatic rings. The fourth-order valence-corrected chi connectivity index (χ4v) is 5.04. The molecule has 0 spiro atoms. The molecule has 0 aliphatic carbocycles. The first-order valence-corrected chi connectivity index (χ1v) is 13.1. The summed E-state index contributed by atoms with van der Waals surface area (Å²) >= 11 is 12.9. The van der Waals surface area contributed by atoms with Crippen LogP contribution in [0.15, 0.2) is 60.8 Å². The van der Waals surface area contributed by atoms with Crippen molar-refractivity contribution < 1.29 is 20.1 Å². The molecule has 2 aromatic carbocycles. The first kappa shape index (κ1) is 27.6. The Kier molecular flexibility index (Phi) is 8.95. The van der Waals surface area contributed by atoms with Crippen molar-refractivity contribution in [1.29, 1.82) is 0 Å². The molecule has 2 heterocycles. The molecule has 3 atom stereocenters. The molecule has 1 fully saturated rings. The second-order valence-electron chi connectivity index (χ2n) is 9.74. The largest absolute Gasteiger partial charge is 0.491 e. The number of anilines is 1. The molecule has 1 aromatic heterocycles. The Labute approximate surface area is 227 Å². The number of benzene rings is 2. The van der Waals surface area contributed by atoms with Crippen molar-refractivity contribution in [1.82, 2.24) is 9.88 Å². The number of aliphatic hydroxyl groups is 3. The third kappa shape index (κ3) is 6.93. The maximum Gasteiger partial charge on any atom is 0.121 e. The van der Waals surface area contributed by atoms with E-state index in [1.807, 2.05) is 42.5 Å². The first-order valence-electron chi connectivity index (χ1n) is 12.3. The number of halogens is 2. The Morgan fingerprint density at radius 3 is 2.49 bits per heavy atom. The SMILES string of the molecule is C[C@H](O)COc1ccc(N2CCN(C[C@@](C)(O)c3ccc(CO)nc3)C[C@H]2c2ccc(Cl)cc2)c(Cl)c1. The van der Waals surface area contributed by atoms with E-state index < -0.39 is 11.7 Å². The maximum absolute atomic E-state index is 11.3. The van der Waals surface area contributed by atoms with Crippen LogP contribution in [0.5, 0.6) is 5.75 Å². The van der Waals surface area contributed by atoms with Crippen LogP contribution in [0.4, 0.5) is 5.69 Å². The lowest BCUT2D eigenvalue weighted by Crippen LogP contribution is -2.52. The first-order chi connectivity index (χ1) is 17.7. The van der Waals surface area contributed by atoms with E-state index in [1.165, 1.54) is 0 Å². The number of hydrogen-bond acceptors (Lipinski definition) is 7. The number of β-amino-alcohol motifs (C(OH)–C–C–N with tert-alkyl or cyclic N) is 1. The summed E-state index contributed by atoms with van der Waals surface area (Å²) in [5, 5.41) is 31.3. The smallest absolute Gasteiger partial charge is 0.121 e. The van der Waals surface area contributed by atoms with Crippen molar-refractivity contribution in [3.8, 4) is 5.75 Å². The Hall–Kier alpha value is -2.39. The van der Waals surface area contributed by atoms with E-state index in [2.05, 4.69) is 14.8 Å². The average Bonchev–Trinajstić information content (AvgIpc) is 2.88. The van der Waals surface area contributed by atoms with Crippen LogP contribution in [0.25, 0.3) is 0 Å². The van der Waals surface area contributed by atoms with E-state index in [1.54, 1.807) is 32.2 Å². The molecular formula is C28H33Cl2N3O4. The van der Waals surface area contributed by atoms with Gasteiger partial charge in [-0.3, -0.25) is 9.88 Å². The van der Waals surface area contributed by atoms with Gasteiger partial charge in [0, 0.05) is 49.0 Å². The van der Waals surface area contributed by atoms with Gasteiger partial charge in [0.25, 0.3) is 0 Å². The van der Waals surface area contributed by atoms with E-state index >= 15 is 0 Å². The van der Waals surface area contributed by atoms with Crippen LogP contribution in [0.1, 0.15) is 36.7 Å². The number of hydrogen-bond donors (Lipinski definition) is 3. The molecule has 0 radical (unpaired) electrons. The van der Waals surface area contributed by atoms with Crippen molar-refractivity contribution in [3.05, 3.63) is 87.7 Å². The summed E-state index contributed by atoms with van der Waals surface area (Å²) in [4.78, 5) is 8.74. The summed E-state index contributed by atoms with van der Waals surface area (Å²) < 4.78 is 5.62. The van der Waals surface area contributed by atoms with Gasteiger partial charge in [0.1, 0.15) is 18.0 Å². The standard InChI is InChI=1S/C28H33Cl2N3O4/c1-19(35)17-37-24-9-10-26(25(30)13-24)33-12-11-32(15-27(33)20-3-6-22(29)7-4-20)18-28(2,36)21-5-8-23(16-34)31-14-21/h3-10,13-14,19,27,34-36H,11-12,15-18H2,1-2H3/t19-,27-,28+/m0/s1. The van der Waals surface area contributed by atoms with E-state index in [9.17, 15) is 15.3 Å². The lowest BCUT2D eigenvalue weighted by molar-refractivity contribution is 0.00997.